The Kier molecular flexibility index (Phi) is 6.03. The maximum Gasteiger partial charge on any atom is 0.257 e. The minimum Gasteiger partial charge on any atom is -0.367 e. The van der Waals surface area contributed by atoms with Crippen LogP contribution in [-0.2, 0) is 29.7 Å². The molecule has 0 N–H and O–H groups in total. The van der Waals surface area contributed by atoms with Gasteiger partial charge in [-0.1, -0.05) is 30.3 Å². The Morgan fingerprint density at radius 1 is 1.26 bits per heavy atom. The molecule has 0 aliphatic rings. The molecule has 6 nitrogen and oxygen atoms in total. The fourth-order valence-corrected chi connectivity index (χ4v) is 3.75. The molecule has 142 valence electrons. The third-order valence-corrected chi connectivity index (χ3v) is 5.46. The van der Waals surface area contributed by atoms with Crippen LogP contribution in [0.1, 0.15) is 33.6 Å². The molecule has 0 bridgehead atoms. The number of amides is 1. The van der Waals surface area contributed by atoms with Gasteiger partial charge in [0, 0.05) is 43.5 Å². The molecule has 0 saturated heterocycles. The highest BCUT2D eigenvalue weighted by Crippen LogP contribution is 2.24. The summed E-state index contributed by atoms with van der Waals surface area (Å²) in [6, 6.07) is 9.57. The molecule has 3 aromatic rings. The Balaban J connectivity index is 1.92. The number of thiazole rings is 1. The number of hydrogen-bond acceptors (Lipinski definition) is 5. The first kappa shape index (κ1) is 19.3. The number of rotatable bonds is 7. The Bertz CT molecular complexity index is 890. The van der Waals surface area contributed by atoms with Crippen molar-refractivity contribution < 1.29 is 9.53 Å². The van der Waals surface area contributed by atoms with E-state index in [2.05, 4.69) is 10.1 Å². The van der Waals surface area contributed by atoms with Crippen molar-refractivity contribution >= 4 is 17.2 Å². The van der Waals surface area contributed by atoms with E-state index < -0.39 is 6.10 Å². The largest absolute Gasteiger partial charge is 0.367 e. The average molecular weight is 385 g/mol. The number of hydrogen-bond donors (Lipinski definition) is 0. The number of benzene rings is 1. The highest BCUT2D eigenvalue weighted by atomic mass is 32.1. The summed E-state index contributed by atoms with van der Waals surface area (Å²) in [4.78, 5) is 19.5. The van der Waals surface area contributed by atoms with Crippen LogP contribution < -0.4 is 0 Å². The molecule has 1 unspecified atom stereocenters. The van der Waals surface area contributed by atoms with Gasteiger partial charge in [-0.05, 0) is 19.4 Å². The molecule has 0 aliphatic heterocycles. The molecule has 2 aromatic heterocycles. The number of carbonyl (C=O) groups is 1. The monoisotopic (exact) mass is 384 g/mol. The first-order chi connectivity index (χ1) is 13.0. The summed E-state index contributed by atoms with van der Waals surface area (Å²) in [6.45, 7) is 4.90. The standard InChI is InChI=1S/C20H24N4O2S/c1-14-17(15(2)23(3)22-14)12-24(13-18-21-10-11-27-18)20(25)19(26-4)16-8-6-5-7-9-16/h5-11,19H,12-13H2,1-4H3. The summed E-state index contributed by atoms with van der Waals surface area (Å²) >= 11 is 1.54. The van der Waals surface area contributed by atoms with Crippen LogP contribution in [0.2, 0.25) is 0 Å². The number of carbonyl (C=O) groups excluding carboxylic acids is 1. The van der Waals surface area contributed by atoms with Gasteiger partial charge in [0.1, 0.15) is 5.01 Å². The molecule has 0 fully saturated rings. The second-order valence-corrected chi connectivity index (χ2v) is 7.40. The zero-order chi connectivity index (χ0) is 19.4. The van der Waals surface area contributed by atoms with Gasteiger partial charge in [-0.3, -0.25) is 9.48 Å². The third-order valence-electron chi connectivity index (χ3n) is 4.69. The normalized spacial score (nSPS) is 12.1. The molecule has 0 radical (unpaired) electrons. The highest BCUT2D eigenvalue weighted by Gasteiger charge is 2.28. The number of aryl methyl sites for hydroxylation is 2. The first-order valence-corrected chi connectivity index (χ1v) is 9.63. The number of nitrogens with zero attached hydrogens (tertiary/aromatic N) is 4. The fraction of sp³-hybridized carbons (Fsp3) is 0.350. The Hall–Kier alpha value is -2.51. The van der Waals surface area contributed by atoms with Crippen molar-refractivity contribution in [3.63, 3.8) is 0 Å². The van der Waals surface area contributed by atoms with Gasteiger partial charge in [0.15, 0.2) is 6.10 Å². The zero-order valence-corrected chi connectivity index (χ0v) is 16.9. The Morgan fingerprint density at radius 2 is 2.00 bits per heavy atom. The number of aromatic nitrogens is 3. The van der Waals surface area contributed by atoms with Crippen molar-refractivity contribution in [2.75, 3.05) is 7.11 Å². The summed E-state index contributed by atoms with van der Waals surface area (Å²) in [5.74, 6) is -0.0819. The predicted molar refractivity (Wildman–Crippen MR) is 105 cm³/mol. The zero-order valence-electron chi connectivity index (χ0n) is 16.0. The molecular formula is C20H24N4O2S. The van der Waals surface area contributed by atoms with Gasteiger partial charge in [0.2, 0.25) is 0 Å². The first-order valence-electron chi connectivity index (χ1n) is 8.75. The van der Waals surface area contributed by atoms with Crippen molar-refractivity contribution in [3.05, 3.63) is 69.4 Å². The van der Waals surface area contributed by atoms with Crippen LogP contribution in [0.4, 0.5) is 0 Å². The number of ether oxygens (including phenoxy) is 1. The Labute approximate surface area is 163 Å². The molecule has 0 spiro atoms. The van der Waals surface area contributed by atoms with Gasteiger partial charge in [0.05, 0.1) is 12.2 Å². The SMILES string of the molecule is COC(C(=O)N(Cc1nccs1)Cc1c(C)nn(C)c1C)c1ccccc1. The van der Waals surface area contributed by atoms with Gasteiger partial charge in [-0.25, -0.2) is 4.98 Å². The predicted octanol–water partition coefficient (Wildman–Crippen LogP) is 3.41. The van der Waals surface area contributed by atoms with Crippen LogP contribution in [0, 0.1) is 13.8 Å². The lowest BCUT2D eigenvalue weighted by atomic mass is 10.1. The summed E-state index contributed by atoms with van der Waals surface area (Å²) < 4.78 is 7.42. The van der Waals surface area contributed by atoms with Crippen molar-refractivity contribution in [3.8, 4) is 0 Å². The second kappa shape index (κ2) is 8.45. The lowest BCUT2D eigenvalue weighted by Gasteiger charge is -2.26. The maximum atomic E-state index is 13.4. The van der Waals surface area contributed by atoms with Crippen LogP contribution in [-0.4, -0.2) is 32.7 Å². The number of methoxy groups -OCH3 is 1. The van der Waals surface area contributed by atoms with E-state index in [4.69, 9.17) is 4.74 Å². The lowest BCUT2D eigenvalue weighted by molar-refractivity contribution is -0.143. The van der Waals surface area contributed by atoms with E-state index in [-0.39, 0.29) is 5.91 Å². The molecular weight excluding hydrogens is 360 g/mol. The molecule has 2 heterocycles. The van der Waals surface area contributed by atoms with Crippen molar-refractivity contribution in [2.24, 2.45) is 7.05 Å². The quantitative estimate of drug-likeness (QED) is 0.626. The highest BCUT2D eigenvalue weighted by molar-refractivity contribution is 7.09. The summed E-state index contributed by atoms with van der Waals surface area (Å²) in [7, 11) is 3.48. The Morgan fingerprint density at radius 3 is 2.56 bits per heavy atom. The van der Waals surface area contributed by atoms with E-state index in [0.29, 0.717) is 13.1 Å². The van der Waals surface area contributed by atoms with E-state index in [9.17, 15) is 4.79 Å². The maximum absolute atomic E-state index is 13.4. The van der Waals surface area contributed by atoms with Gasteiger partial charge in [-0.15, -0.1) is 11.3 Å². The van der Waals surface area contributed by atoms with Gasteiger partial charge in [0.25, 0.3) is 5.91 Å². The molecule has 27 heavy (non-hydrogen) atoms. The molecule has 3 rings (SSSR count). The summed E-state index contributed by atoms with van der Waals surface area (Å²) in [5.41, 5.74) is 3.89. The van der Waals surface area contributed by atoms with Crippen LogP contribution in [0.25, 0.3) is 0 Å². The van der Waals surface area contributed by atoms with E-state index in [1.165, 1.54) is 0 Å². The van der Waals surface area contributed by atoms with E-state index in [0.717, 1.165) is 27.5 Å². The molecule has 7 heteroatoms. The summed E-state index contributed by atoms with van der Waals surface area (Å²) in [5, 5.41) is 7.29. The van der Waals surface area contributed by atoms with Gasteiger partial charge in [-0.2, -0.15) is 5.10 Å². The fourth-order valence-electron chi connectivity index (χ4n) is 3.12. The van der Waals surface area contributed by atoms with Crippen molar-refractivity contribution in [2.45, 2.75) is 33.0 Å². The smallest absolute Gasteiger partial charge is 0.257 e. The topological polar surface area (TPSA) is 60.2 Å². The molecule has 1 atom stereocenters. The molecule has 1 amide bonds. The van der Waals surface area contributed by atoms with E-state index >= 15 is 0 Å². The minimum atomic E-state index is -0.650. The minimum absolute atomic E-state index is 0.0819. The van der Waals surface area contributed by atoms with Crippen LogP contribution in [0.5, 0.6) is 0 Å². The van der Waals surface area contributed by atoms with E-state index in [1.807, 2.05) is 61.3 Å². The van der Waals surface area contributed by atoms with Gasteiger partial charge >= 0.3 is 0 Å². The lowest BCUT2D eigenvalue weighted by Crippen LogP contribution is -2.35. The van der Waals surface area contributed by atoms with Gasteiger partial charge < -0.3 is 9.64 Å². The average Bonchev–Trinajstić information content (AvgIpc) is 3.26. The molecule has 0 aliphatic carbocycles. The van der Waals surface area contributed by atoms with Crippen molar-refractivity contribution in [1.29, 1.82) is 0 Å². The van der Waals surface area contributed by atoms with Crippen LogP contribution in [0.15, 0.2) is 41.9 Å². The second-order valence-electron chi connectivity index (χ2n) is 6.42. The van der Waals surface area contributed by atoms with E-state index in [1.54, 1.807) is 29.5 Å². The van der Waals surface area contributed by atoms with Crippen LogP contribution in [0.3, 0.4) is 0 Å². The third kappa shape index (κ3) is 4.26. The summed E-state index contributed by atoms with van der Waals surface area (Å²) in [6.07, 6.45) is 1.11. The van der Waals surface area contributed by atoms with Crippen molar-refractivity contribution in [1.82, 2.24) is 19.7 Å². The molecule has 1 aromatic carbocycles. The molecule has 0 saturated carbocycles. The van der Waals surface area contributed by atoms with Crippen LogP contribution >= 0.6 is 11.3 Å².